The zero-order valence-electron chi connectivity index (χ0n) is 20.5. The van der Waals surface area contributed by atoms with E-state index in [9.17, 15) is 4.79 Å². The van der Waals surface area contributed by atoms with Gasteiger partial charge in [-0.2, -0.15) is 0 Å². The summed E-state index contributed by atoms with van der Waals surface area (Å²) in [7, 11) is 12.4. The summed E-state index contributed by atoms with van der Waals surface area (Å²) >= 11 is 0. The molecule has 0 aliphatic heterocycles. The third-order valence-corrected chi connectivity index (χ3v) is 5.53. The Balaban J connectivity index is 1.89. The fourth-order valence-electron chi connectivity index (χ4n) is 3.39. The molecule has 0 bridgehead atoms. The molecule has 0 aliphatic rings. The van der Waals surface area contributed by atoms with Crippen molar-refractivity contribution < 1.29 is 0 Å². The van der Waals surface area contributed by atoms with Crippen molar-refractivity contribution in [3.05, 3.63) is 59.0 Å². The molecule has 0 radical (unpaired) electrons. The third-order valence-electron chi connectivity index (χ3n) is 5.53. The van der Waals surface area contributed by atoms with E-state index in [-0.39, 0.29) is 5.43 Å². The van der Waals surface area contributed by atoms with Crippen LogP contribution in [0, 0.1) is 0 Å². The van der Waals surface area contributed by atoms with Crippen molar-refractivity contribution in [2.75, 3.05) is 78.3 Å². The van der Waals surface area contributed by atoms with Gasteiger partial charge in [-0.05, 0) is 52.5 Å². The molecule has 0 amide bonds. The highest BCUT2D eigenvalue weighted by Crippen LogP contribution is 2.24. The van der Waals surface area contributed by atoms with E-state index in [1.807, 2.05) is 24.3 Å². The van der Waals surface area contributed by atoms with Gasteiger partial charge in [0.15, 0.2) is 5.43 Å². The number of hydrogen-bond acceptors (Lipinski definition) is 7. The summed E-state index contributed by atoms with van der Waals surface area (Å²) in [5.41, 5.74) is 4.82. The Labute approximate surface area is 196 Å². The Morgan fingerprint density at radius 3 is 1.48 bits per heavy atom. The summed E-state index contributed by atoms with van der Waals surface area (Å²) in [6, 6.07) is 11.1. The number of H-pyrrole nitrogens is 1. The molecule has 3 aromatic rings. The van der Waals surface area contributed by atoms with E-state index in [1.54, 1.807) is 24.5 Å². The van der Waals surface area contributed by atoms with E-state index < -0.39 is 0 Å². The molecule has 8 heteroatoms. The van der Waals surface area contributed by atoms with E-state index in [0.717, 1.165) is 48.9 Å². The van der Waals surface area contributed by atoms with Crippen LogP contribution < -0.4 is 15.2 Å². The van der Waals surface area contributed by atoms with Crippen molar-refractivity contribution in [3.8, 4) is 22.8 Å². The topological polar surface area (TPSA) is 71.6 Å². The molecule has 3 heterocycles. The molecule has 0 fully saturated rings. The van der Waals surface area contributed by atoms with Gasteiger partial charge in [0.25, 0.3) is 0 Å². The van der Waals surface area contributed by atoms with Gasteiger partial charge >= 0.3 is 0 Å². The van der Waals surface area contributed by atoms with Gasteiger partial charge < -0.3 is 24.6 Å². The van der Waals surface area contributed by atoms with Gasteiger partial charge in [0.2, 0.25) is 0 Å². The van der Waals surface area contributed by atoms with Crippen LogP contribution in [-0.2, 0) is 0 Å². The molecule has 0 aliphatic carbocycles. The first-order chi connectivity index (χ1) is 15.7. The number of aromatic nitrogens is 3. The Kier molecular flexibility index (Phi) is 8.19. The molecule has 0 saturated carbocycles. The number of pyridine rings is 3. The van der Waals surface area contributed by atoms with Gasteiger partial charge in [-0.3, -0.25) is 14.8 Å². The predicted octanol–water partition coefficient (Wildman–Crippen LogP) is 2.49. The minimum atomic E-state index is -0.0833. The molecule has 0 unspecified atom stereocenters. The summed E-state index contributed by atoms with van der Waals surface area (Å²) in [5, 5.41) is 0. The van der Waals surface area contributed by atoms with Crippen LogP contribution in [0.15, 0.2) is 53.6 Å². The van der Waals surface area contributed by atoms with Crippen LogP contribution in [0.3, 0.4) is 0 Å². The number of anilines is 2. The van der Waals surface area contributed by atoms with Crippen molar-refractivity contribution in [2.45, 2.75) is 0 Å². The number of nitrogens with zero attached hydrogens (tertiary/aromatic N) is 6. The van der Waals surface area contributed by atoms with Crippen LogP contribution in [-0.4, -0.2) is 93.2 Å². The summed E-state index contributed by atoms with van der Waals surface area (Å²) < 4.78 is 0. The monoisotopic (exact) mass is 449 g/mol. The Hall–Kier alpha value is -3.23. The normalized spacial score (nSPS) is 11.3. The first-order valence-corrected chi connectivity index (χ1v) is 11.1. The third kappa shape index (κ3) is 6.87. The molecule has 176 valence electrons. The second kappa shape index (κ2) is 11.1. The number of nitrogens with one attached hydrogen (secondary N) is 1. The Bertz CT molecular complexity index is 1030. The molecule has 0 saturated heterocycles. The lowest BCUT2D eigenvalue weighted by Gasteiger charge is -2.22. The first kappa shape index (κ1) is 24.4. The fraction of sp³-hybridized carbons (Fsp3) is 0.400. The molecule has 1 N–H and O–H groups in total. The highest BCUT2D eigenvalue weighted by Gasteiger charge is 2.11. The first-order valence-electron chi connectivity index (χ1n) is 11.1. The maximum absolute atomic E-state index is 12.5. The van der Waals surface area contributed by atoms with Crippen molar-refractivity contribution in [1.82, 2.24) is 24.8 Å². The number of hydrogen-bond donors (Lipinski definition) is 1. The minimum Gasteiger partial charge on any atom is -0.373 e. The average Bonchev–Trinajstić information content (AvgIpc) is 2.80. The Morgan fingerprint density at radius 2 is 1.09 bits per heavy atom. The summed E-state index contributed by atoms with van der Waals surface area (Å²) in [6.07, 6.45) is 3.56. The van der Waals surface area contributed by atoms with Crippen molar-refractivity contribution in [2.24, 2.45) is 0 Å². The Morgan fingerprint density at radius 1 is 0.667 bits per heavy atom. The van der Waals surface area contributed by atoms with E-state index >= 15 is 0 Å². The average molecular weight is 450 g/mol. The van der Waals surface area contributed by atoms with Crippen LogP contribution in [0.5, 0.6) is 0 Å². The van der Waals surface area contributed by atoms with Gasteiger partial charge in [-0.25, -0.2) is 0 Å². The molecule has 8 nitrogen and oxygen atoms in total. The van der Waals surface area contributed by atoms with E-state index in [0.29, 0.717) is 11.4 Å². The van der Waals surface area contributed by atoms with Crippen molar-refractivity contribution in [1.29, 1.82) is 0 Å². The van der Waals surface area contributed by atoms with Crippen LogP contribution in [0.25, 0.3) is 22.8 Å². The molecule has 0 aromatic carbocycles. The summed E-state index contributed by atoms with van der Waals surface area (Å²) in [4.78, 5) is 33.6. The van der Waals surface area contributed by atoms with Gasteiger partial charge in [-0.15, -0.1) is 0 Å². The highest BCUT2D eigenvalue weighted by molar-refractivity contribution is 5.67. The van der Waals surface area contributed by atoms with E-state index in [4.69, 9.17) is 0 Å². The zero-order chi connectivity index (χ0) is 24.0. The lowest BCUT2D eigenvalue weighted by Crippen LogP contribution is -2.28. The van der Waals surface area contributed by atoms with Gasteiger partial charge in [0, 0.05) is 76.2 Å². The van der Waals surface area contributed by atoms with Crippen LogP contribution in [0.4, 0.5) is 11.4 Å². The summed E-state index contributed by atoms with van der Waals surface area (Å²) in [5.74, 6) is 0. The second-order valence-corrected chi connectivity index (χ2v) is 8.89. The second-order valence-electron chi connectivity index (χ2n) is 8.89. The largest absolute Gasteiger partial charge is 0.373 e. The van der Waals surface area contributed by atoms with E-state index in [2.05, 4.69) is 76.8 Å². The fourth-order valence-corrected chi connectivity index (χ4v) is 3.39. The molecule has 3 rings (SSSR count). The minimum absolute atomic E-state index is 0.0833. The van der Waals surface area contributed by atoms with Gasteiger partial charge in [-0.1, -0.05) is 0 Å². The maximum atomic E-state index is 12.5. The standard InChI is InChI=1S/C25H35N7O/c1-29(2)11-13-31(5)19-7-9-26-22(15-19)24-17-21(33)18-25(28-24)23-16-20(8-10-27-23)32(6)14-12-30(3)4/h7-10,15-18H,11-14H2,1-6H3,(H,28,33). The lowest BCUT2D eigenvalue weighted by atomic mass is 10.1. The lowest BCUT2D eigenvalue weighted by molar-refractivity contribution is 0.416. The molecule has 0 atom stereocenters. The zero-order valence-corrected chi connectivity index (χ0v) is 20.5. The predicted molar refractivity (Wildman–Crippen MR) is 137 cm³/mol. The molecule has 3 aromatic heterocycles. The summed E-state index contributed by atoms with van der Waals surface area (Å²) in [6.45, 7) is 3.69. The van der Waals surface area contributed by atoms with Gasteiger partial charge in [0.05, 0.1) is 22.8 Å². The number of rotatable bonds is 10. The number of likely N-dealkylation sites (N-methyl/N-ethyl adjacent to an activating group) is 4. The SMILES string of the molecule is CN(C)CCN(C)c1ccnc(-c2cc(=O)cc(-c3cc(N(C)CCN(C)C)ccn3)[nH]2)c1. The highest BCUT2D eigenvalue weighted by atomic mass is 16.1. The molecular formula is C25H35N7O. The smallest absolute Gasteiger partial charge is 0.182 e. The van der Waals surface area contributed by atoms with Crippen molar-refractivity contribution in [3.63, 3.8) is 0 Å². The molecular weight excluding hydrogens is 414 g/mol. The van der Waals surface area contributed by atoms with E-state index in [1.165, 1.54) is 0 Å². The quantitative estimate of drug-likeness (QED) is 0.510. The molecule has 33 heavy (non-hydrogen) atoms. The van der Waals surface area contributed by atoms with Crippen LogP contribution >= 0.6 is 0 Å². The number of aromatic amines is 1. The van der Waals surface area contributed by atoms with Gasteiger partial charge in [0.1, 0.15) is 0 Å². The van der Waals surface area contributed by atoms with Crippen LogP contribution in [0.2, 0.25) is 0 Å². The van der Waals surface area contributed by atoms with Crippen molar-refractivity contribution >= 4 is 11.4 Å². The van der Waals surface area contributed by atoms with Crippen LogP contribution in [0.1, 0.15) is 0 Å². The molecule has 0 spiro atoms. The maximum Gasteiger partial charge on any atom is 0.182 e.